The lowest BCUT2D eigenvalue weighted by Crippen LogP contribution is -2.43. The summed E-state index contributed by atoms with van der Waals surface area (Å²) in [6, 6.07) is 2.76. The summed E-state index contributed by atoms with van der Waals surface area (Å²) >= 11 is 5.76. The number of ether oxygens (including phenoxy) is 1. The highest BCUT2D eigenvalue weighted by Crippen LogP contribution is 2.10. The van der Waals surface area contributed by atoms with Crippen molar-refractivity contribution in [3.8, 4) is 0 Å². The molecule has 0 aliphatic carbocycles. The Hall–Kier alpha value is -2.94. The van der Waals surface area contributed by atoms with Gasteiger partial charge >= 0.3 is 11.7 Å². The summed E-state index contributed by atoms with van der Waals surface area (Å²) in [5.41, 5.74) is 3.89. The lowest BCUT2D eigenvalue weighted by molar-refractivity contribution is 0.0468. The van der Waals surface area contributed by atoms with Gasteiger partial charge < -0.3 is 10.5 Å². The van der Waals surface area contributed by atoms with Crippen LogP contribution in [0.1, 0.15) is 34.2 Å². The molecule has 0 atom stereocenters. The average molecular weight is 381 g/mol. The number of carbonyl (C=O) groups excluding carboxylic acids is 2. The fourth-order valence-corrected chi connectivity index (χ4v) is 2.44. The van der Waals surface area contributed by atoms with E-state index in [-0.39, 0.29) is 23.1 Å². The van der Waals surface area contributed by atoms with Crippen molar-refractivity contribution < 1.29 is 14.3 Å². The van der Waals surface area contributed by atoms with Gasteiger partial charge in [-0.15, -0.1) is 0 Å². The van der Waals surface area contributed by atoms with Gasteiger partial charge in [0.1, 0.15) is 17.1 Å². The number of pyridine rings is 1. The van der Waals surface area contributed by atoms with Crippen molar-refractivity contribution in [1.29, 1.82) is 0 Å². The Kier molecular flexibility index (Phi) is 5.93. The van der Waals surface area contributed by atoms with Crippen LogP contribution in [0, 0.1) is 0 Å². The minimum atomic E-state index is -0.877. The minimum absolute atomic E-state index is 0.0814. The standard InChI is InChI=1S/C16H17ClN4O5/c1-3-6-21-13(18)12(14(23)20(2)16(21)25)11(22)8-26-15(24)10-7-9(17)4-5-19-10/h4-5,7H,3,6,8,18H2,1-2H3. The van der Waals surface area contributed by atoms with Crippen LogP contribution in [-0.4, -0.2) is 32.5 Å². The van der Waals surface area contributed by atoms with Crippen molar-refractivity contribution in [3.63, 3.8) is 0 Å². The van der Waals surface area contributed by atoms with E-state index in [0.717, 1.165) is 9.13 Å². The van der Waals surface area contributed by atoms with Crippen LogP contribution in [0.3, 0.4) is 0 Å². The van der Waals surface area contributed by atoms with Gasteiger partial charge in [-0.3, -0.25) is 18.7 Å². The van der Waals surface area contributed by atoms with E-state index >= 15 is 0 Å². The van der Waals surface area contributed by atoms with E-state index in [0.29, 0.717) is 6.42 Å². The van der Waals surface area contributed by atoms with Crippen LogP contribution < -0.4 is 17.0 Å². The molecule has 0 radical (unpaired) electrons. The Morgan fingerprint density at radius 2 is 2.04 bits per heavy atom. The molecule has 0 saturated carbocycles. The number of hydrogen-bond acceptors (Lipinski definition) is 7. The molecule has 0 unspecified atom stereocenters. The minimum Gasteiger partial charge on any atom is -0.453 e. The summed E-state index contributed by atoms with van der Waals surface area (Å²) < 4.78 is 6.80. The van der Waals surface area contributed by atoms with E-state index in [1.54, 1.807) is 0 Å². The summed E-state index contributed by atoms with van der Waals surface area (Å²) in [4.78, 5) is 52.4. The zero-order valence-corrected chi connectivity index (χ0v) is 14.9. The zero-order valence-electron chi connectivity index (χ0n) is 14.2. The average Bonchev–Trinajstić information content (AvgIpc) is 2.61. The first kappa shape index (κ1) is 19.4. The van der Waals surface area contributed by atoms with E-state index in [4.69, 9.17) is 22.1 Å². The predicted octanol–water partition coefficient (Wildman–Crippen LogP) is 0.627. The van der Waals surface area contributed by atoms with Crippen LogP contribution in [0.5, 0.6) is 0 Å². The summed E-state index contributed by atoms with van der Waals surface area (Å²) in [6.45, 7) is 1.33. The highest BCUT2D eigenvalue weighted by Gasteiger charge is 2.22. The molecule has 0 aliphatic rings. The molecule has 2 aromatic rings. The molecule has 0 bridgehead atoms. The molecular weight excluding hydrogens is 364 g/mol. The van der Waals surface area contributed by atoms with Crippen LogP contribution in [0.25, 0.3) is 0 Å². The van der Waals surface area contributed by atoms with Gasteiger partial charge in [0.15, 0.2) is 6.61 Å². The SMILES string of the molecule is CCCn1c(N)c(C(=O)COC(=O)c2cc(Cl)ccn2)c(=O)n(C)c1=O. The second kappa shape index (κ2) is 7.96. The number of ketones is 1. The maximum atomic E-state index is 12.4. The number of rotatable bonds is 6. The number of nitrogen functional groups attached to an aromatic ring is 1. The molecule has 0 amide bonds. The summed E-state index contributed by atoms with van der Waals surface area (Å²) in [5.74, 6) is -1.94. The number of nitrogens with zero attached hydrogens (tertiary/aromatic N) is 3. The summed E-state index contributed by atoms with van der Waals surface area (Å²) in [7, 11) is 1.24. The van der Waals surface area contributed by atoms with Crippen LogP contribution in [0.15, 0.2) is 27.9 Å². The molecule has 26 heavy (non-hydrogen) atoms. The predicted molar refractivity (Wildman–Crippen MR) is 94.5 cm³/mol. The van der Waals surface area contributed by atoms with Crippen molar-refractivity contribution in [1.82, 2.24) is 14.1 Å². The Morgan fingerprint density at radius 1 is 1.35 bits per heavy atom. The fraction of sp³-hybridized carbons (Fsp3) is 0.312. The first-order chi connectivity index (χ1) is 12.3. The molecule has 0 fully saturated rings. The van der Waals surface area contributed by atoms with Gasteiger partial charge in [0, 0.05) is 24.8 Å². The maximum absolute atomic E-state index is 12.4. The van der Waals surface area contributed by atoms with E-state index in [1.165, 1.54) is 25.4 Å². The molecule has 2 N–H and O–H groups in total. The number of halogens is 1. The topological polar surface area (TPSA) is 126 Å². The monoisotopic (exact) mass is 380 g/mol. The van der Waals surface area contributed by atoms with Gasteiger partial charge in [-0.1, -0.05) is 18.5 Å². The number of nitrogens with two attached hydrogens (primary N) is 1. The number of aromatic nitrogens is 3. The smallest absolute Gasteiger partial charge is 0.357 e. The van der Waals surface area contributed by atoms with Gasteiger partial charge in [-0.25, -0.2) is 14.6 Å². The summed E-state index contributed by atoms with van der Waals surface area (Å²) in [6.07, 6.45) is 1.89. The lowest BCUT2D eigenvalue weighted by atomic mass is 10.2. The number of carbonyl (C=O) groups is 2. The van der Waals surface area contributed by atoms with Crippen molar-refractivity contribution in [3.05, 3.63) is 55.4 Å². The fourth-order valence-electron chi connectivity index (χ4n) is 2.28. The second-order valence-electron chi connectivity index (χ2n) is 5.42. The quantitative estimate of drug-likeness (QED) is 0.575. The second-order valence-corrected chi connectivity index (χ2v) is 5.85. The lowest BCUT2D eigenvalue weighted by Gasteiger charge is -2.13. The van der Waals surface area contributed by atoms with Gasteiger partial charge in [0.25, 0.3) is 5.56 Å². The van der Waals surface area contributed by atoms with Crippen molar-refractivity contribution in [2.24, 2.45) is 7.05 Å². The van der Waals surface area contributed by atoms with Crippen LogP contribution in [-0.2, 0) is 18.3 Å². The normalized spacial score (nSPS) is 10.6. The van der Waals surface area contributed by atoms with Gasteiger partial charge in [-0.2, -0.15) is 0 Å². The van der Waals surface area contributed by atoms with Crippen LogP contribution >= 0.6 is 11.6 Å². The van der Waals surface area contributed by atoms with Gasteiger partial charge in [0.05, 0.1) is 0 Å². The van der Waals surface area contributed by atoms with Crippen LogP contribution in [0.2, 0.25) is 5.02 Å². The van der Waals surface area contributed by atoms with Crippen molar-refractivity contribution in [2.75, 3.05) is 12.3 Å². The first-order valence-corrected chi connectivity index (χ1v) is 8.06. The number of anilines is 1. The third kappa shape index (κ3) is 3.83. The Morgan fingerprint density at radius 3 is 2.65 bits per heavy atom. The Balaban J connectivity index is 2.29. The van der Waals surface area contributed by atoms with E-state index in [1.807, 2.05) is 6.92 Å². The highest BCUT2D eigenvalue weighted by molar-refractivity contribution is 6.30. The number of hydrogen-bond donors (Lipinski definition) is 1. The Bertz CT molecular complexity index is 980. The molecular formula is C16H17ClN4O5. The molecule has 0 aliphatic heterocycles. The van der Waals surface area contributed by atoms with Gasteiger partial charge in [0.2, 0.25) is 5.78 Å². The third-order valence-corrected chi connectivity index (χ3v) is 3.81. The highest BCUT2D eigenvalue weighted by atomic mass is 35.5. The third-order valence-electron chi connectivity index (χ3n) is 3.57. The number of esters is 1. The molecule has 9 nitrogen and oxygen atoms in total. The van der Waals surface area contributed by atoms with E-state index in [9.17, 15) is 19.2 Å². The number of Topliss-reactive ketones (excluding diaryl/α,β-unsaturated/α-hetero) is 1. The molecule has 0 saturated heterocycles. The largest absolute Gasteiger partial charge is 0.453 e. The van der Waals surface area contributed by atoms with Crippen molar-refractivity contribution in [2.45, 2.75) is 19.9 Å². The van der Waals surface area contributed by atoms with Crippen molar-refractivity contribution >= 4 is 29.2 Å². The summed E-state index contributed by atoms with van der Waals surface area (Å²) in [5, 5.41) is 0.281. The Labute approximate surface area is 153 Å². The maximum Gasteiger partial charge on any atom is 0.357 e. The van der Waals surface area contributed by atoms with Crippen LogP contribution in [0.4, 0.5) is 5.82 Å². The molecule has 138 valence electrons. The van der Waals surface area contributed by atoms with E-state index < -0.39 is 35.2 Å². The zero-order chi connectivity index (χ0) is 19.4. The molecule has 2 heterocycles. The molecule has 2 rings (SSSR count). The first-order valence-electron chi connectivity index (χ1n) is 7.69. The molecule has 0 aromatic carbocycles. The molecule has 2 aromatic heterocycles. The molecule has 0 spiro atoms. The van der Waals surface area contributed by atoms with E-state index in [2.05, 4.69) is 4.98 Å². The molecule has 10 heteroatoms. The van der Waals surface area contributed by atoms with Gasteiger partial charge in [-0.05, 0) is 18.6 Å².